The highest BCUT2D eigenvalue weighted by Gasteiger charge is 2.39. The number of nitrogen functional groups attached to an aromatic ring is 4. The van der Waals surface area contributed by atoms with Gasteiger partial charge in [-0.15, -0.1) is 0 Å². The number of carbonyl (C=O) groups is 1. The topological polar surface area (TPSA) is 183 Å². The van der Waals surface area contributed by atoms with Gasteiger partial charge in [0.25, 0.3) is 0 Å². The Labute approximate surface area is 173 Å². The zero-order valence-electron chi connectivity index (χ0n) is 16.4. The minimum atomic E-state index is -0.838. The van der Waals surface area contributed by atoms with E-state index in [-0.39, 0.29) is 18.2 Å². The molecule has 30 heavy (non-hydrogen) atoms. The standard InChI is InChI=1S/C19H26N8O3/c20-10-3-5-15(24-17(10)22)26-8-13(28)14(9-26)30-19(29)12-2-1-7-27(12)16-6-4-11(21)18(23)25-16/h3-6,12-14,28H,1-2,7-9,20-21H2,(H2,22,24)(H2,23,25). The molecule has 160 valence electrons. The summed E-state index contributed by atoms with van der Waals surface area (Å²) in [6, 6.07) is 6.29. The molecular formula is C19H26N8O3. The molecule has 4 rings (SSSR count). The predicted octanol–water partition coefficient (Wildman–Crippen LogP) is -0.433. The molecule has 9 N–H and O–H groups in total. The van der Waals surface area contributed by atoms with Crippen molar-refractivity contribution in [2.75, 3.05) is 52.4 Å². The predicted molar refractivity (Wildman–Crippen MR) is 115 cm³/mol. The Morgan fingerprint density at radius 3 is 2.30 bits per heavy atom. The Kier molecular flexibility index (Phi) is 5.12. The maximum Gasteiger partial charge on any atom is 0.329 e. The van der Waals surface area contributed by atoms with Crippen LogP contribution in [0.5, 0.6) is 0 Å². The van der Waals surface area contributed by atoms with Crippen LogP contribution in [0.4, 0.5) is 34.6 Å². The van der Waals surface area contributed by atoms with Crippen LogP contribution in [0.2, 0.25) is 0 Å². The molecular weight excluding hydrogens is 388 g/mol. The smallest absolute Gasteiger partial charge is 0.329 e. The molecule has 2 aromatic rings. The van der Waals surface area contributed by atoms with Gasteiger partial charge in [0, 0.05) is 13.1 Å². The molecule has 2 fully saturated rings. The number of β-amino-alcohol motifs (C(OH)–C–C–N with tert-alkyl or cyclic N) is 1. The first-order valence-corrected chi connectivity index (χ1v) is 9.77. The monoisotopic (exact) mass is 414 g/mol. The van der Waals surface area contributed by atoms with Gasteiger partial charge in [-0.1, -0.05) is 0 Å². The Morgan fingerprint density at radius 2 is 1.63 bits per heavy atom. The van der Waals surface area contributed by atoms with Crippen molar-refractivity contribution in [3.05, 3.63) is 24.3 Å². The van der Waals surface area contributed by atoms with Gasteiger partial charge in [0.05, 0.1) is 17.9 Å². The van der Waals surface area contributed by atoms with Crippen molar-refractivity contribution in [3.63, 3.8) is 0 Å². The van der Waals surface area contributed by atoms with E-state index in [0.717, 1.165) is 6.42 Å². The maximum atomic E-state index is 12.9. The van der Waals surface area contributed by atoms with Crippen LogP contribution in [0.15, 0.2) is 24.3 Å². The van der Waals surface area contributed by atoms with E-state index < -0.39 is 24.2 Å². The van der Waals surface area contributed by atoms with Crippen LogP contribution < -0.4 is 32.7 Å². The number of esters is 1. The number of carbonyl (C=O) groups excluding carboxylic acids is 1. The SMILES string of the molecule is Nc1ccc(N2CC(O)C(OC(=O)C3CCCN3c3ccc(N)c(N)n3)C2)nc1N. The first-order valence-electron chi connectivity index (χ1n) is 9.77. The summed E-state index contributed by atoms with van der Waals surface area (Å²) in [6.45, 7) is 1.24. The maximum absolute atomic E-state index is 12.9. The Hall–Kier alpha value is -3.47. The zero-order valence-corrected chi connectivity index (χ0v) is 16.4. The zero-order chi connectivity index (χ0) is 21.4. The fourth-order valence-corrected chi connectivity index (χ4v) is 3.86. The average Bonchev–Trinajstić information content (AvgIpc) is 3.33. The quantitative estimate of drug-likeness (QED) is 0.409. The molecule has 0 aliphatic carbocycles. The molecule has 0 radical (unpaired) electrons. The van der Waals surface area contributed by atoms with Gasteiger partial charge in [-0.3, -0.25) is 0 Å². The van der Waals surface area contributed by atoms with Crippen molar-refractivity contribution in [2.45, 2.75) is 31.1 Å². The van der Waals surface area contributed by atoms with Gasteiger partial charge in [-0.2, -0.15) is 0 Å². The third-order valence-electron chi connectivity index (χ3n) is 5.53. The molecule has 11 nitrogen and oxygen atoms in total. The fraction of sp³-hybridized carbons (Fsp3) is 0.421. The molecule has 2 aromatic heterocycles. The highest BCUT2D eigenvalue weighted by molar-refractivity contribution is 5.81. The first-order chi connectivity index (χ1) is 14.3. The third kappa shape index (κ3) is 3.71. The van der Waals surface area contributed by atoms with Crippen molar-refractivity contribution in [2.24, 2.45) is 0 Å². The minimum Gasteiger partial charge on any atom is -0.456 e. The van der Waals surface area contributed by atoms with E-state index in [4.69, 9.17) is 27.7 Å². The van der Waals surface area contributed by atoms with E-state index in [9.17, 15) is 9.90 Å². The molecule has 0 aromatic carbocycles. The van der Waals surface area contributed by atoms with E-state index in [1.807, 2.05) is 9.80 Å². The molecule has 0 amide bonds. The van der Waals surface area contributed by atoms with Crippen molar-refractivity contribution < 1.29 is 14.6 Å². The first kappa shape index (κ1) is 19.8. The van der Waals surface area contributed by atoms with E-state index in [1.165, 1.54) is 0 Å². The number of ether oxygens (including phenoxy) is 1. The van der Waals surface area contributed by atoms with Crippen LogP contribution in [0.25, 0.3) is 0 Å². The molecule has 3 unspecified atom stereocenters. The van der Waals surface area contributed by atoms with Gasteiger partial charge in [0.2, 0.25) is 0 Å². The molecule has 0 bridgehead atoms. The highest BCUT2D eigenvalue weighted by Crippen LogP contribution is 2.29. The highest BCUT2D eigenvalue weighted by atomic mass is 16.6. The molecule has 2 aliphatic heterocycles. The van der Waals surface area contributed by atoms with E-state index >= 15 is 0 Å². The molecule has 3 atom stereocenters. The molecule has 0 spiro atoms. The number of pyridine rings is 2. The summed E-state index contributed by atoms with van der Waals surface area (Å²) in [5, 5.41) is 10.4. The van der Waals surface area contributed by atoms with Gasteiger partial charge < -0.3 is 42.6 Å². The summed E-state index contributed by atoms with van der Waals surface area (Å²) in [5.41, 5.74) is 23.8. The largest absolute Gasteiger partial charge is 0.456 e. The van der Waals surface area contributed by atoms with Crippen LogP contribution in [0.3, 0.4) is 0 Å². The van der Waals surface area contributed by atoms with Crippen LogP contribution in [-0.2, 0) is 9.53 Å². The van der Waals surface area contributed by atoms with Gasteiger partial charge in [0.15, 0.2) is 0 Å². The van der Waals surface area contributed by atoms with E-state index in [0.29, 0.717) is 42.5 Å². The normalized spacial score (nSPS) is 23.7. The molecule has 0 saturated carbocycles. The van der Waals surface area contributed by atoms with Crippen LogP contribution in [-0.4, -0.2) is 58.9 Å². The number of rotatable bonds is 4. The summed E-state index contributed by atoms with van der Waals surface area (Å²) in [4.78, 5) is 25.1. The lowest BCUT2D eigenvalue weighted by atomic mass is 10.2. The number of anilines is 6. The van der Waals surface area contributed by atoms with Crippen LogP contribution in [0, 0.1) is 0 Å². The second-order valence-corrected chi connectivity index (χ2v) is 7.59. The third-order valence-corrected chi connectivity index (χ3v) is 5.53. The Bertz CT molecular complexity index is 955. The second-order valence-electron chi connectivity index (χ2n) is 7.59. The minimum absolute atomic E-state index is 0.222. The summed E-state index contributed by atoms with van der Waals surface area (Å²) in [6.07, 6.45) is -0.0627. The van der Waals surface area contributed by atoms with Gasteiger partial charge in [-0.25, -0.2) is 14.8 Å². The van der Waals surface area contributed by atoms with E-state index in [2.05, 4.69) is 9.97 Å². The number of hydrogen-bond donors (Lipinski definition) is 5. The van der Waals surface area contributed by atoms with Crippen LogP contribution in [0.1, 0.15) is 12.8 Å². The second kappa shape index (κ2) is 7.75. The van der Waals surface area contributed by atoms with Crippen molar-refractivity contribution in [1.29, 1.82) is 0 Å². The Morgan fingerprint density at radius 1 is 1.00 bits per heavy atom. The number of hydrogen-bond acceptors (Lipinski definition) is 11. The number of aliphatic hydroxyl groups is 1. The van der Waals surface area contributed by atoms with E-state index in [1.54, 1.807) is 24.3 Å². The number of aromatic nitrogens is 2. The lowest BCUT2D eigenvalue weighted by molar-refractivity contribution is -0.153. The van der Waals surface area contributed by atoms with Crippen molar-refractivity contribution in [1.82, 2.24) is 9.97 Å². The molecule has 4 heterocycles. The van der Waals surface area contributed by atoms with Gasteiger partial charge >= 0.3 is 5.97 Å². The number of nitrogens with zero attached hydrogens (tertiary/aromatic N) is 4. The number of nitrogens with two attached hydrogens (primary N) is 4. The van der Waals surface area contributed by atoms with Crippen molar-refractivity contribution in [3.8, 4) is 0 Å². The van der Waals surface area contributed by atoms with Crippen molar-refractivity contribution >= 4 is 40.6 Å². The summed E-state index contributed by atoms with van der Waals surface area (Å²) in [5.74, 6) is 1.20. The summed E-state index contributed by atoms with van der Waals surface area (Å²) < 4.78 is 5.68. The fourth-order valence-electron chi connectivity index (χ4n) is 3.86. The summed E-state index contributed by atoms with van der Waals surface area (Å²) >= 11 is 0. The Balaban J connectivity index is 1.43. The van der Waals surface area contributed by atoms with Crippen LogP contribution >= 0.6 is 0 Å². The summed E-state index contributed by atoms with van der Waals surface area (Å²) in [7, 11) is 0. The lowest BCUT2D eigenvalue weighted by Crippen LogP contribution is -2.41. The molecule has 11 heteroatoms. The van der Waals surface area contributed by atoms with Gasteiger partial charge in [0.1, 0.15) is 41.5 Å². The molecule has 2 saturated heterocycles. The molecule has 2 aliphatic rings. The lowest BCUT2D eigenvalue weighted by Gasteiger charge is -2.26. The van der Waals surface area contributed by atoms with Gasteiger partial charge in [-0.05, 0) is 37.1 Å². The average molecular weight is 414 g/mol. The number of aliphatic hydroxyl groups excluding tert-OH is 1.